The Hall–Kier alpha value is -2.72. The summed E-state index contributed by atoms with van der Waals surface area (Å²) in [6.45, 7) is 0. The van der Waals surface area contributed by atoms with E-state index in [0.29, 0.717) is 6.42 Å². The van der Waals surface area contributed by atoms with Gasteiger partial charge >= 0.3 is 0 Å². The van der Waals surface area contributed by atoms with Gasteiger partial charge in [-0.2, -0.15) is 0 Å². The number of nitrogens with two attached hydrogens (primary N) is 2. The highest BCUT2D eigenvalue weighted by atomic mass is 16.3. The maximum absolute atomic E-state index is 6.50. The molecule has 4 rings (SSSR count). The Balaban J connectivity index is 1.74. The van der Waals surface area contributed by atoms with Gasteiger partial charge in [0.25, 0.3) is 0 Å². The van der Waals surface area contributed by atoms with Crippen molar-refractivity contribution in [3.63, 3.8) is 0 Å². The fraction of sp³-hybridized carbons (Fsp3) is 0.111. The van der Waals surface area contributed by atoms with Gasteiger partial charge in [0.15, 0.2) is 0 Å². The van der Waals surface area contributed by atoms with E-state index >= 15 is 0 Å². The summed E-state index contributed by atoms with van der Waals surface area (Å²) in [5.41, 5.74) is 17.0. The van der Waals surface area contributed by atoms with Gasteiger partial charge in [-0.05, 0) is 24.3 Å². The highest BCUT2D eigenvalue weighted by Gasteiger charge is 2.29. The molecule has 4 heteroatoms. The minimum absolute atomic E-state index is 0.587. The molecule has 0 saturated heterocycles. The van der Waals surface area contributed by atoms with Gasteiger partial charge in [-0.25, -0.2) is 0 Å². The number of para-hydroxylation sites is 1. The molecule has 1 aliphatic heterocycles. The Morgan fingerprint density at radius 3 is 2.82 bits per heavy atom. The lowest BCUT2D eigenvalue weighted by atomic mass is 9.84. The third kappa shape index (κ3) is 2.05. The van der Waals surface area contributed by atoms with Gasteiger partial charge in [-0.3, -0.25) is 0 Å². The van der Waals surface area contributed by atoms with Crippen molar-refractivity contribution in [3.8, 4) is 0 Å². The number of rotatable bonds is 2. The first-order valence-electron chi connectivity index (χ1n) is 7.25. The predicted molar refractivity (Wildman–Crippen MR) is 87.7 cm³/mol. The van der Waals surface area contributed by atoms with Gasteiger partial charge in [0.05, 0.1) is 17.5 Å². The van der Waals surface area contributed by atoms with Crippen molar-refractivity contribution >= 4 is 11.4 Å². The van der Waals surface area contributed by atoms with Crippen LogP contribution in [0.25, 0.3) is 5.70 Å². The Morgan fingerprint density at radius 2 is 2.00 bits per heavy atom. The molecule has 1 unspecified atom stereocenters. The Bertz CT molecular complexity index is 815. The molecule has 0 spiro atoms. The molecule has 0 fully saturated rings. The quantitative estimate of drug-likeness (QED) is 0.795. The lowest BCUT2D eigenvalue weighted by Crippen LogP contribution is -2.40. The Morgan fingerprint density at radius 1 is 1.14 bits per heavy atom. The number of allylic oxidation sites excluding steroid dienone is 1. The van der Waals surface area contributed by atoms with E-state index in [0.717, 1.165) is 34.0 Å². The molecule has 4 nitrogen and oxygen atoms in total. The van der Waals surface area contributed by atoms with Crippen LogP contribution in [0.5, 0.6) is 0 Å². The van der Waals surface area contributed by atoms with E-state index in [-0.39, 0.29) is 0 Å². The van der Waals surface area contributed by atoms with Crippen molar-refractivity contribution in [2.24, 2.45) is 11.5 Å². The van der Waals surface area contributed by atoms with Crippen LogP contribution in [0.15, 0.2) is 76.6 Å². The summed E-state index contributed by atoms with van der Waals surface area (Å²) in [5.74, 6) is 0.862. The summed E-state index contributed by atoms with van der Waals surface area (Å²) in [6.07, 6.45) is 8.27. The number of nitrogens with one attached hydrogen (secondary N) is 1. The molecule has 0 amide bonds. The second-order valence-electron chi connectivity index (χ2n) is 5.76. The first-order valence-corrected chi connectivity index (χ1v) is 7.25. The van der Waals surface area contributed by atoms with Gasteiger partial charge < -0.3 is 21.2 Å². The number of fused-ring (bicyclic) bond motifs is 2. The minimum atomic E-state index is -0.587. The van der Waals surface area contributed by atoms with Crippen LogP contribution in [0.3, 0.4) is 0 Å². The molecule has 0 saturated carbocycles. The number of anilines is 1. The monoisotopic (exact) mass is 291 g/mol. The van der Waals surface area contributed by atoms with E-state index in [2.05, 4.69) is 5.32 Å². The smallest absolute Gasteiger partial charge is 0.106 e. The van der Waals surface area contributed by atoms with Crippen LogP contribution in [0.4, 0.5) is 5.69 Å². The van der Waals surface area contributed by atoms with E-state index in [1.165, 1.54) is 0 Å². The zero-order valence-electron chi connectivity index (χ0n) is 12.0. The maximum atomic E-state index is 6.50. The van der Waals surface area contributed by atoms with Gasteiger partial charge in [0.2, 0.25) is 0 Å². The summed E-state index contributed by atoms with van der Waals surface area (Å²) in [5, 5.41) is 3.43. The fourth-order valence-corrected chi connectivity index (χ4v) is 3.00. The summed E-state index contributed by atoms with van der Waals surface area (Å²) in [6, 6.07) is 11.8. The van der Waals surface area contributed by atoms with Crippen LogP contribution < -0.4 is 16.8 Å². The van der Waals surface area contributed by atoms with E-state index in [1.54, 1.807) is 6.26 Å². The average Bonchev–Trinajstić information content (AvgIpc) is 2.99. The van der Waals surface area contributed by atoms with Crippen molar-refractivity contribution in [2.45, 2.75) is 12.0 Å². The normalized spacial score (nSPS) is 22.7. The molecule has 0 radical (unpaired) electrons. The lowest BCUT2D eigenvalue weighted by Gasteiger charge is -2.31. The molecule has 0 bridgehead atoms. The Labute approximate surface area is 128 Å². The fourth-order valence-electron chi connectivity index (χ4n) is 3.00. The van der Waals surface area contributed by atoms with Gasteiger partial charge in [-0.1, -0.05) is 30.4 Å². The Kier molecular flexibility index (Phi) is 2.74. The maximum Gasteiger partial charge on any atom is 0.106 e. The molecule has 110 valence electrons. The van der Waals surface area contributed by atoms with Gasteiger partial charge in [0.1, 0.15) is 5.76 Å². The molecular weight excluding hydrogens is 274 g/mol. The van der Waals surface area contributed by atoms with E-state index in [9.17, 15) is 0 Å². The summed E-state index contributed by atoms with van der Waals surface area (Å²) >= 11 is 0. The van der Waals surface area contributed by atoms with Crippen LogP contribution in [0.2, 0.25) is 0 Å². The summed E-state index contributed by atoms with van der Waals surface area (Å²) in [4.78, 5) is 0. The lowest BCUT2D eigenvalue weighted by molar-refractivity contribution is 0.474. The highest BCUT2D eigenvalue weighted by Crippen LogP contribution is 2.37. The molecule has 5 N–H and O–H groups in total. The first kappa shape index (κ1) is 13.0. The van der Waals surface area contributed by atoms with Crippen LogP contribution in [0, 0.1) is 0 Å². The van der Waals surface area contributed by atoms with E-state index in [1.807, 2.05) is 54.6 Å². The largest absolute Gasteiger partial charge is 0.469 e. The van der Waals surface area contributed by atoms with Crippen molar-refractivity contribution in [3.05, 3.63) is 83.5 Å². The molecular formula is C18H17N3O. The van der Waals surface area contributed by atoms with E-state index < -0.39 is 5.54 Å². The van der Waals surface area contributed by atoms with Gasteiger partial charge in [-0.15, -0.1) is 0 Å². The molecule has 2 heterocycles. The minimum Gasteiger partial charge on any atom is -0.469 e. The second-order valence-corrected chi connectivity index (χ2v) is 5.76. The predicted octanol–water partition coefficient (Wildman–Crippen LogP) is 2.77. The summed E-state index contributed by atoms with van der Waals surface area (Å²) < 4.78 is 5.41. The van der Waals surface area contributed by atoms with E-state index in [4.69, 9.17) is 15.9 Å². The van der Waals surface area contributed by atoms with Crippen LogP contribution in [-0.2, 0) is 6.42 Å². The van der Waals surface area contributed by atoms with Crippen LogP contribution in [0.1, 0.15) is 11.3 Å². The average molecular weight is 291 g/mol. The standard InChI is InChI=1S/C18H17N3O/c19-17-13-5-1-2-6-15(13)21-16-11-18(20,8-7-14(16)17)10-12-4-3-9-22-12/h1-9,11,21H,10,19-20H2. The topological polar surface area (TPSA) is 77.2 Å². The third-order valence-corrected chi connectivity index (χ3v) is 4.10. The van der Waals surface area contributed by atoms with Crippen molar-refractivity contribution in [1.82, 2.24) is 0 Å². The first-order chi connectivity index (χ1) is 10.6. The SMILES string of the molecule is NC1=C2C=CC(N)(Cc3ccco3)C=C2Nc2ccccc21. The molecule has 1 aromatic carbocycles. The molecule has 1 aliphatic carbocycles. The number of benzene rings is 1. The van der Waals surface area contributed by atoms with Crippen LogP contribution >= 0.6 is 0 Å². The van der Waals surface area contributed by atoms with Crippen molar-refractivity contribution in [2.75, 3.05) is 5.32 Å². The van der Waals surface area contributed by atoms with Gasteiger partial charge in [0, 0.05) is 28.9 Å². The number of furan rings is 1. The number of hydrogen-bond acceptors (Lipinski definition) is 4. The number of hydrogen-bond donors (Lipinski definition) is 3. The molecule has 2 aliphatic rings. The summed E-state index contributed by atoms with van der Waals surface area (Å²) in [7, 11) is 0. The molecule has 1 atom stereocenters. The molecule has 1 aromatic heterocycles. The van der Waals surface area contributed by atoms with Crippen LogP contribution in [-0.4, -0.2) is 5.54 Å². The second kappa shape index (κ2) is 4.64. The zero-order chi connectivity index (χ0) is 15.2. The van der Waals surface area contributed by atoms with Crippen molar-refractivity contribution < 1.29 is 4.42 Å². The zero-order valence-corrected chi connectivity index (χ0v) is 12.0. The molecule has 2 aromatic rings. The highest BCUT2D eigenvalue weighted by molar-refractivity contribution is 5.87. The third-order valence-electron chi connectivity index (χ3n) is 4.10. The molecule has 22 heavy (non-hydrogen) atoms. The van der Waals surface area contributed by atoms with Crippen molar-refractivity contribution in [1.29, 1.82) is 0 Å².